The number of nitrogens with zero attached hydrogens (tertiary/aromatic N) is 2. The molecule has 0 bridgehead atoms. The maximum atomic E-state index is 11.9. The van der Waals surface area contributed by atoms with Crippen LogP contribution in [0, 0.1) is 0 Å². The molecule has 2 heterocycles. The van der Waals surface area contributed by atoms with Gasteiger partial charge in [-0.3, -0.25) is 4.79 Å². The number of ether oxygens (including phenoxy) is 1. The van der Waals surface area contributed by atoms with E-state index in [2.05, 4.69) is 10.3 Å². The number of imidazole rings is 1. The number of hydrogen-bond acceptors (Lipinski definition) is 3. The molecular weight excluding hydrogens is 242 g/mol. The summed E-state index contributed by atoms with van der Waals surface area (Å²) in [5, 5.41) is 2.88. The SMILES string of the molecule is CC(C)OCCCNC(=O)c1ccn2cncc2c1. The van der Waals surface area contributed by atoms with Gasteiger partial charge in [0.05, 0.1) is 24.1 Å². The van der Waals surface area contributed by atoms with Gasteiger partial charge in [-0.15, -0.1) is 0 Å². The third-order valence-electron chi connectivity index (χ3n) is 2.73. The Morgan fingerprint density at radius 1 is 1.53 bits per heavy atom. The Bertz CT molecular complexity index is 548. The zero-order chi connectivity index (χ0) is 13.7. The Kier molecular flexibility index (Phi) is 4.52. The molecule has 2 aromatic heterocycles. The molecule has 0 aliphatic heterocycles. The summed E-state index contributed by atoms with van der Waals surface area (Å²) in [4.78, 5) is 15.9. The number of pyridine rings is 1. The van der Waals surface area contributed by atoms with Crippen molar-refractivity contribution in [2.75, 3.05) is 13.2 Å². The van der Waals surface area contributed by atoms with Crippen LogP contribution in [0.2, 0.25) is 0 Å². The van der Waals surface area contributed by atoms with Gasteiger partial charge in [-0.05, 0) is 32.4 Å². The van der Waals surface area contributed by atoms with Gasteiger partial charge in [-0.1, -0.05) is 0 Å². The van der Waals surface area contributed by atoms with Gasteiger partial charge in [-0.2, -0.15) is 0 Å². The molecule has 19 heavy (non-hydrogen) atoms. The van der Waals surface area contributed by atoms with Crippen LogP contribution >= 0.6 is 0 Å². The molecular formula is C14H19N3O2. The van der Waals surface area contributed by atoms with Gasteiger partial charge in [0.1, 0.15) is 0 Å². The number of fused-ring (bicyclic) bond motifs is 1. The van der Waals surface area contributed by atoms with Gasteiger partial charge in [0.2, 0.25) is 0 Å². The number of carbonyl (C=O) groups is 1. The highest BCUT2D eigenvalue weighted by Crippen LogP contribution is 2.06. The van der Waals surface area contributed by atoms with E-state index in [0.29, 0.717) is 18.7 Å². The van der Waals surface area contributed by atoms with Gasteiger partial charge in [0, 0.05) is 24.9 Å². The Morgan fingerprint density at radius 2 is 2.37 bits per heavy atom. The van der Waals surface area contributed by atoms with E-state index in [0.717, 1.165) is 11.9 Å². The van der Waals surface area contributed by atoms with E-state index in [4.69, 9.17) is 4.74 Å². The van der Waals surface area contributed by atoms with Crippen LogP contribution in [0.4, 0.5) is 0 Å². The van der Waals surface area contributed by atoms with E-state index in [1.807, 2.05) is 30.5 Å². The summed E-state index contributed by atoms with van der Waals surface area (Å²) in [5.74, 6) is -0.0618. The second-order valence-electron chi connectivity index (χ2n) is 4.67. The third-order valence-corrected chi connectivity index (χ3v) is 2.73. The summed E-state index contributed by atoms with van der Waals surface area (Å²) in [6.45, 7) is 5.29. The molecule has 102 valence electrons. The Morgan fingerprint density at radius 3 is 3.16 bits per heavy atom. The van der Waals surface area contributed by atoms with Crippen molar-refractivity contribution < 1.29 is 9.53 Å². The highest BCUT2D eigenvalue weighted by atomic mass is 16.5. The summed E-state index contributed by atoms with van der Waals surface area (Å²) in [6, 6.07) is 3.61. The minimum absolute atomic E-state index is 0.0618. The molecule has 0 fully saturated rings. The molecule has 0 aliphatic rings. The minimum atomic E-state index is -0.0618. The van der Waals surface area contributed by atoms with E-state index in [-0.39, 0.29) is 12.0 Å². The zero-order valence-corrected chi connectivity index (χ0v) is 11.3. The molecule has 0 aliphatic carbocycles. The van der Waals surface area contributed by atoms with Crippen LogP contribution in [0.3, 0.4) is 0 Å². The number of carbonyl (C=O) groups excluding carboxylic acids is 1. The molecule has 0 saturated carbocycles. The van der Waals surface area contributed by atoms with Crippen LogP contribution < -0.4 is 5.32 Å². The smallest absolute Gasteiger partial charge is 0.251 e. The molecule has 5 nitrogen and oxygen atoms in total. The molecule has 0 spiro atoms. The largest absolute Gasteiger partial charge is 0.379 e. The third kappa shape index (κ3) is 3.79. The molecule has 0 aromatic carbocycles. The summed E-state index contributed by atoms with van der Waals surface area (Å²) in [5.41, 5.74) is 1.56. The fourth-order valence-electron chi connectivity index (χ4n) is 1.76. The first kappa shape index (κ1) is 13.5. The normalized spacial score (nSPS) is 11.1. The molecule has 0 radical (unpaired) electrons. The van der Waals surface area contributed by atoms with Gasteiger partial charge >= 0.3 is 0 Å². The molecule has 1 N–H and O–H groups in total. The average molecular weight is 261 g/mol. The van der Waals surface area contributed by atoms with E-state index in [9.17, 15) is 4.79 Å². The highest BCUT2D eigenvalue weighted by Gasteiger charge is 2.05. The summed E-state index contributed by atoms with van der Waals surface area (Å²) < 4.78 is 7.28. The van der Waals surface area contributed by atoms with Crippen LogP contribution in [0.5, 0.6) is 0 Å². The lowest BCUT2D eigenvalue weighted by atomic mass is 10.2. The standard InChI is InChI=1S/C14H19N3O2/c1-11(2)19-7-3-5-16-14(18)12-4-6-17-10-15-9-13(17)8-12/h4,6,8-11H,3,5,7H2,1-2H3,(H,16,18). The maximum absolute atomic E-state index is 11.9. The Labute approximate surface area is 112 Å². The predicted octanol–water partition coefficient (Wildman–Crippen LogP) is 1.88. The fraction of sp³-hybridized carbons (Fsp3) is 0.429. The molecule has 2 rings (SSSR count). The van der Waals surface area contributed by atoms with Gasteiger partial charge in [0.15, 0.2) is 0 Å². The summed E-state index contributed by atoms with van der Waals surface area (Å²) in [7, 11) is 0. The van der Waals surface area contributed by atoms with Gasteiger partial charge < -0.3 is 14.5 Å². The second-order valence-corrected chi connectivity index (χ2v) is 4.67. The lowest BCUT2D eigenvalue weighted by molar-refractivity contribution is 0.0757. The number of amides is 1. The highest BCUT2D eigenvalue weighted by molar-refractivity contribution is 5.95. The van der Waals surface area contributed by atoms with Crippen molar-refractivity contribution in [2.24, 2.45) is 0 Å². The van der Waals surface area contributed by atoms with Crippen LogP contribution in [0.25, 0.3) is 5.52 Å². The van der Waals surface area contributed by atoms with Crippen molar-refractivity contribution in [3.63, 3.8) is 0 Å². The molecule has 5 heteroatoms. The minimum Gasteiger partial charge on any atom is -0.379 e. The zero-order valence-electron chi connectivity index (χ0n) is 11.3. The van der Waals surface area contributed by atoms with Crippen molar-refractivity contribution in [3.05, 3.63) is 36.4 Å². The van der Waals surface area contributed by atoms with Gasteiger partial charge in [-0.25, -0.2) is 4.98 Å². The number of hydrogen-bond donors (Lipinski definition) is 1. The number of nitrogens with one attached hydrogen (secondary N) is 1. The molecule has 0 saturated heterocycles. The fourth-order valence-corrected chi connectivity index (χ4v) is 1.76. The molecule has 0 atom stereocenters. The van der Waals surface area contributed by atoms with Crippen LogP contribution in [0.15, 0.2) is 30.9 Å². The molecule has 1 amide bonds. The number of rotatable bonds is 6. The predicted molar refractivity (Wildman–Crippen MR) is 73.2 cm³/mol. The van der Waals surface area contributed by atoms with Crippen molar-refractivity contribution in [1.29, 1.82) is 0 Å². The van der Waals surface area contributed by atoms with Crippen LogP contribution in [-0.2, 0) is 4.74 Å². The van der Waals surface area contributed by atoms with Crippen LogP contribution in [0.1, 0.15) is 30.6 Å². The lowest BCUT2D eigenvalue weighted by Gasteiger charge is -2.08. The number of aromatic nitrogens is 2. The Balaban J connectivity index is 1.82. The topological polar surface area (TPSA) is 55.6 Å². The van der Waals surface area contributed by atoms with E-state index >= 15 is 0 Å². The lowest BCUT2D eigenvalue weighted by Crippen LogP contribution is -2.25. The first-order chi connectivity index (χ1) is 9.16. The quantitative estimate of drug-likeness (QED) is 0.808. The van der Waals surface area contributed by atoms with E-state index in [1.54, 1.807) is 18.6 Å². The van der Waals surface area contributed by atoms with Crippen LogP contribution in [-0.4, -0.2) is 34.5 Å². The van der Waals surface area contributed by atoms with Crippen molar-refractivity contribution >= 4 is 11.4 Å². The summed E-state index contributed by atoms with van der Waals surface area (Å²) >= 11 is 0. The van der Waals surface area contributed by atoms with Crippen molar-refractivity contribution in [1.82, 2.24) is 14.7 Å². The first-order valence-electron chi connectivity index (χ1n) is 6.48. The van der Waals surface area contributed by atoms with Crippen molar-refractivity contribution in [2.45, 2.75) is 26.4 Å². The maximum Gasteiger partial charge on any atom is 0.251 e. The van der Waals surface area contributed by atoms with E-state index < -0.39 is 0 Å². The average Bonchev–Trinajstić information content (AvgIpc) is 2.84. The molecule has 0 unspecified atom stereocenters. The van der Waals surface area contributed by atoms with E-state index in [1.165, 1.54) is 0 Å². The van der Waals surface area contributed by atoms with Crippen molar-refractivity contribution in [3.8, 4) is 0 Å². The second kappa shape index (κ2) is 6.33. The Hall–Kier alpha value is -1.88. The molecule has 2 aromatic rings. The van der Waals surface area contributed by atoms with Gasteiger partial charge in [0.25, 0.3) is 5.91 Å². The summed E-state index contributed by atoms with van der Waals surface area (Å²) in [6.07, 6.45) is 6.32. The first-order valence-corrected chi connectivity index (χ1v) is 6.48. The monoisotopic (exact) mass is 261 g/mol.